The van der Waals surface area contributed by atoms with Gasteiger partial charge in [0, 0.05) is 43.4 Å². The number of rotatable bonds is 6. The van der Waals surface area contributed by atoms with Crippen LogP contribution in [-0.2, 0) is 6.54 Å². The molecule has 7 heteroatoms. The number of piperazine rings is 1. The van der Waals surface area contributed by atoms with Crippen molar-refractivity contribution in [3.05, 3.63) is 77.9 Å². The molecule has 2 aromatic heterocycles. The van der Waals surface area contributed by atoms with Gasteiger partial charge in [0.2, 0.25) is 11.7 Å². The molecule has 0 saturated carbocycles. The highest BCUT2D eigenvalue weighted by Gasteiger charge is 2.26. The lowest BCUT2D eigenvalue weighted by atomic mass is 10.1. The van der Waals surface area contributed by atoms with Gasteiger partial charge in [-0.3, -0.25) is 9.80 Å². The van der Waals surface area contributed by atoms with Gasteiger partial charge in [-0.2, -0.15) is 4.98 Å². The van der Waals surface area contributed by atoms with Crippen molar-refractivity contribution in [1.82, 2.24) is 25.1 Å². The van der Waals surface area contributed by atoms with Crippen LogP contribution in [-0.4, -0.2) is 51.3 Å². The lowest BCUT2D eigenvalue weighted by Gasteiger charge is -2.36. The highest BCUT2D eigenvalue weighted by Crippen LogP contribution is 2.25. The second-order valence-electron chi connectivity index (χ2n) is 8.35. The van der Waals surface area contributed by atoms with E-state index in [0.717, 1.165) is 55.3 Å². The number of benzene rings is 2. The van der Waals surface area contributed by atoms with Crippen LogP contribution < -0.4 is 0 Å². The van der Waals surface area contributed by atoms with Gasteiger partial charge in [-0.1, -0.05) is 70.5 Å². The van der Waals surface area contributed by atoms with Gasteiger partial charge < -0.3 is 9.05 Å². The zero-order valence-corrected chi connectivity index (χ0v) is 18.4. The summed E-state index contributed by atoms with van der Waals surface area (Å²) in [6.45, 7) is 8.73. The van der Waals surface area contributed by atoms with Crippen LogP contribution in [0.3, 0.4) is 0 Å². The van der Waals surface area contributed by atoms with Crippen molar-refractivity contribution in [2.75, 3.05) is 26.2 Å². The average molecular weight is 430 g/mol. The molecule has 32 heavy (non-hydrogen) atoms. The molecule has 1 atom stereocenters. The van der Waals surface area contributed by atoms with Crippen molar-refractivity contribution in [2.24, 2.45) is 0 Å². The van der Waals surface area contributed by atoms with Gasteiger partial charge in [0.1, 0.15) is 5.69 Å². The standard InChI is InChI=1S/C25H27N5O2/c1-18-8-10-21(11-9-18)24-26-25(32-28-24)19(2)30-14-12-29(13-15-30)17-22-16-23(27-31-22)20-6-4-3-5-7-20/h3-11,16,19H,12-15,17H2,1-2H3. The maximum absolute atomic E-state index is 5.59. The summed E-state index contributed by atoms with van der Waals surface area (Å²) < 4.78 is 11.2. The normalized spacial score (nSPS) is 16.3. The quantitative estimate of drug-likeness (QED) is 0.444. The molecule has 1 fully saturated rings. The Balaban J connectivity index is 1.16. The van der Waals surface area contributed by atoms with E-state index in [1.54, 1.807) is 0 Å². The molecular weight excluding hydrogens is 402 g/mol. The van der Waals surface area contributed by atoms with E-state index in [0.29, 0.717) is 11.7 Å². The van der Waals surface area contributed by atoms with Crippen LogP contribution in [0, 0.1) is 6.92 Å². The monoisotopic (exact) mass is 429 g/mol. The highest BCUT2D eigenvalue weighted by atomic mass is 16.5. The van der Waals surface area contributed by atoms with Crippen molar-refractivity contribution in [3.8, 4) is 22.6 Å². The molecule has 0 amide bonds. The first-order chi connectivity index (χ1) is 15.7. The third-order valence-corrected chi connectivity index (χ3v) is 6.07. The van der Waals surface area contributed by atoms with Crippen LogP contribution in [0.25, 0.3) is 22.6 Å². The van der Waals surface area contributed by atoms with Gasteiger partial charge in [-0.15, -0.1) is 0 Å². The summed E-state index contributed by atoms with van der Waals surface area (Å²) in [5.41, 5.74) is 4.15. The van der Waals surface area contributed by atoms with E-state index in [4.69, 9.17) is 9.05 Å². The van der Waals surface area contributed by atoms with E-state index in [-0.39, 0.29) is 6.04 Å². The van der Waals surface area contributed by atoms with Crippen LogP contribution in [0.2, 0.25) is 0 Å². The molecule has 1 aliphatic rings. The third kappa shape index (κ3) is 4.49. The maximum Gasteiger partial charge on any atom is 0.244 e. The first-order valence-electron chi connectivity index (χ1n) is 11.0. The summed E-state index contributed by atoms with van der Waals surface area (Å²) in [5, 5.41) is 8.41. The molecule has 0 radical (unpaired) electrons. The molecule has 1 unspecified atom stereocenters. The zero-order chi connectivity index (χ0) is 21.9. The number of hydrogen-bond acceptors (Lipinski definition) is 7. The molecule has 164 valence electrons. The van der Waals surface area contributed by atoms with Crippen LogP contribution in [0.1, 0.15) is 30.2 Å². The van der Waals surface area contributed by atoms with E-state index < -0.39 is 0 Å². The lowest BCUT2D eigenvalue weighted by molar-refractivity contribution is 0.0795. The molecule has 0 spiro atoms. The fraction of sp³-hybridized carbons (Fsp3) is 0.320. The fourth-order valence-corrected chi connectivity index (χ4v) is 4.04. The van der Waals surface area contributed by atoms with Crippen molar-refractivity contribution in [1.29, 1.82) is 0 Å². The Bertz CT molecular complexity index is 1140. The molecule has 0 aliphatic carbocycles. The third-order valence-electron chi connectivity index (χ3n) is 6.07. The first kappa shape index (κ1) is 20.6. The van der Waals surface area contributed by atoms with Gasteiger partial charge in [0.05, 0.1) is 12.6 Å². The Morgan fingerprint density at radius 3 is 2.38 bits per heavy atom. The Kier molecular flexibility index (Phi) is 5.83. The van der Waals surface area contributed by atoms with Gasteiger partial charge in [0.15, 0.2) is 5.76 Å². The number of aromatic nitrogens is 3. The smallest absolute Gasteiger partial charge is 0.244 e. The molecule has 0 bridgehead atoms. The fourth-order valence-electron chi connectivity index (χ4n) is 4.04. The van der Waals surface area contributed by atoms with Crippen molar-refractivity contribution in [3.63, 3.8) is 0 Å². The maximum atomic E-state index is 5.59. The predicted octanol–water partition coefficient (Wildman–Crippen LogP) is 4.58. The SMILES string of the molecule is Cc1ccc(-c2noc(C(C)N3CCN(Cc4cc(-c5ccccc5)no4)CC3)n2)cc1. The summed E-state index contributed by atoms with van der Waals surface area (Å²) in [5.74, 6) is 2.20. The van der Waals surface area contributed by atoms with Crippen LogP contribution in [0.4, 0.5) is 0 Å². The van der Waals surface area contributed by atoms with Crippen molar-refractivity contribution >= 4 is 0 Å². The minimum absolute atomic E-state index is 0.0822. The Hall–Kier alpha value is -3.29. The number of nitrogens with zero attached hydrogens (tertiary/aromatic N) is 5. The van der Waals surface area contributed by atoms with Crippen LogP contribution >= 0.6 is 0 Å². The molecule has 1 saturated heterocycles. The second kappa shape index (κ2) is 9.06. The summed E-state index contributed by atoms with van der Waals surface area (Å²) in [7, 11) is 0. The van der Waals surface area contributed by atoms with E-state index >= 15 is 0 Å². The lowest BCUT2D eigenvalue weighted by Crippen LogP contribution is -2.46. The minimum atomic E-state index is 0.0822. The molecular formula is C25H27N5O2. The zero-order valence-electron chi connectivity index (χ0n) is 18.4. The number of aryl methyl sites for hydroxylation is 1. The molecule has 2 aromatic carbocycles. The Morgan fingerprint density at radius 1 is 0.875 bits per heavy atom. The molecule has 7 nitrogen and oxygen atoms in total. The van der Waals surface area contributed by atoms with Gasteiger partial charge in [0.25, 0.3) is 0 Å². The Morgan fingerprint density at radius 2 is 1.62 bits per heavy atom. The van der Waals surface area contributed by atoms with E-state index in [1.807, 2.05) is 48.5 Å². The van der Waals surface area contributed by atoms with Crippen molar-refractivity contribution in [2.45, 2.75) is 26.4 Å². The Labute approximate surface area is 187 Å². The summed E-state index contributed by atoms with van der Waals surface area (Å²) in [4.78, 5) is 9.43. The van der Waals surface area contributed by atoms with E-state index in [1.165, 1.54) is 5.56 Å². The van der Waals surface area contributed by atoms with E-state index in [9.17, 15) is 0 Å². The summed E-state index contributed by atoms with van der Waals surface area (Å²) >= 11 is 0. The van der Waals surface area contributed by atoms with Gasteiger partial charge >= 0.3 is 0 Å². The molecule has 4 aromatic rings. The summed E-state index contributed by atoms with van der Waals surface area (Å²) in [6.07, 6.45) is 0. The molecule has 1 aliphatic heterocycles. The first-order valence-corrected chi connectivity index (χ1v) is 11.0. The van der Waals surface area contributed by atoms with Crippen LogP contribution in [0.15, 0.2) is 69.7 Å². The molecule has 3 heterocycles. The number of hydrogen-bond donors (Lipinski definition) is 0. The van der Waals surface area contributed by atoms with Crippen LogP contribution in [0.5, 0.6) is 0 Å². The predicted molar refractivity (Wildman–Crippen MR) is 122 cm³/mol. The summed E-state index contributed by atoms with van der Waals surface area (Å²) in [6, 6.07) is 20.4. The van der Waals surface area contributed by atoms with Gasteiger partial charge in [-0.05, 0) is 13.8 Å². The van der Waals surface area contributed by atoms with E-state index in [2.05, 4.69) is 51.1 Å². The van der Waals surface area contributed by atoms with Gasteiger partial charge in [-0.25, -0.2) is 0 Å². The minimum Gasteiger partial charge on any atom is -0.359 e. The molecule has 0 N–H and O–H groups in total. The largest absolute Gasteiger partial charge is 0.359 e. The highest BCUT2D eigenvalue weighted by molar-refractivity contribution is 5.58. The topological polar surface area (TPSA) is 71.4 Å². The van der Waals surface area contributed by atoms with Crippen molar-refractivity contribution < 1.29 is 9.05 Å². The molecule has 5 rings (SSSR count). The average Bonchev–Trinajstić information content (AvgIpc) is 3.51. The second-order valence-corrected chi connectivity index (χ2v) is 8.35.